The summed E-state index contributed by atoms with van der Waals surface area (Å²) in [5, 5.41) is 16.4. The first kappa shape index (κ1) is 19.7. The largest absolute Gasteiger partial charge is 0.396 e. The van der Waals surface area contributed by atoms with Gasteiger partial charge in [0.1, 0.15) is 0 Å². The van der Waals surface area contributed by atoms with Crippen LogP contribution in [0.2, 0.25) is 0 Å². The van der Waals surface area contributed by atoms with Crippen molar-refractivity contribution in [3.05, 3.63) is 35.9 Å². The monoisotopic (exact) mass is 346 g/mol. The van der Waals surface area contributed by atoms with Crippen molar-refractivity contribution in [2.75, 3.05) is 45.9 Å². The van der Waals surface area contributed by atoms with E-state index in [0.29, 0.717) is 6.54 Å². The van der Waals surface area contributed by atoms with Gasteiger partial charge >= 0.3 is 0 Å². The van der Waals surface area contributed by atoms with Crippen LogP contribution in [0.5, 0.6) is 0 Å². The standard InChI is InChI=1S/C20H34N4O/c1-3-21-20(22-11-14-24-12-9-17(2)10-13-24)23-15-19(16-25)18-7-5-4-6-8-18/h4-8,17,19,25H,3,9-16H2,1-2H3,(H2,21,22,23). The number of hydrogen-bond donors (Lipinski definition) is 3. The maximum Gasteiger partial charge on any atom is 0.191 e. The van der Waals surface area contributed by atoms with Gasteiger partial charge in [0.2, 0.25) is 0 Å². The minimum Gasteiger partial charge on any atom is -0.396 e. The molecule has 1 unspecified atom stereocenters. The highest BCUT2D eigenvalue weighted by Gasteiger charge is 2.15. The van der Waals surface area contributed by atoms with Gasteiger partial charge in [-0.1, -0.05) is 37.3 Å². The molecule has 1 aromatic rings. The van der Waals surface area contributed by atoms with Crippen molar-refractivity contribution in [1.29, 1.82) is 0 Å². The third kappa shape index (κ3) is 7.04. The Morgan fingerprint density at radius 1 is 1.24 bits per heavy atom. The summed E-state index contributed by atoms with van der Waals surface area (Å²) in [6.45, 7) is 10.3. The topological polar surface area (TPSA) is 59.9 Å². The number of guanidine groups is 1. The molecule has 0 aromatic heterocycles. The van der Waals surface area contributed by atoms with E-state index in [1.54, 1.807) is 0 Å². The number of nitrogens with one attached hydrogen (secondary N) is 2. The zero-order valence-electron chi connectivity index (χ0n) is 15.7. The zero-order valence-corrected chi connectivity index (χ0v) is 15.7. The van der Waals surface area contributed by atoms with Crippen LogP contribution in [0.25, 0.3) is 0 Å². The maximum absolute atomic E-state index is 9.67. The molecule has 1 fully saturated rings. The lowest BCUT2D eigenvalue weighted by atomic mass is 9.99. The predicted molar refractivity (Wildman–Crippen MR) is 105 cm³/mol. The molecule has 2 rings (SSSR count). The first-order chi connectivity index (χ1) is 12.2. The van der Waals surface area contributed by atoms with Crippen LogP contribution in [0.3, 0.4) is 0 Å². The number of rotatable bonds is 8. The van der Waals surface area contributed by atoms with E-state index in [4.69, 9.17) is 0 Å². The van der Waals surface area contributed by atoms with Crippen LogP contribution in [0, 0.1) is 5.92 Å². The molecule has 1 heterocycles. The zero-order chi connectivity index (χ0) is 17.9. The minimum absolute atomic E-state index is 0.0419. The van der Waals surface area contributed by atoms with E-state index < -0.39 is 0 Å². The van der Waals surface area contributed by atoms with Gasteiger partial charge in [0.05, 0.1) is 13.2 Å². The number of hydrogen-bond acceptors (Lipinski definition) is 3. The van der Waals surface area contributed by atoms with Gasteiger partial charge in [-0.05, 0) is 44.3 Å². The summed E-state index contributed by atoms with van der Waals surface area (Å²) in [5.41, 5.74) is 1.13. The number of benzene rings is 1. The molecule has 0 aliphatic carbocycles. The Bertz CT molecular complexity index is 498. The van der Waals surface area contributed by atoms with E-state index in [1.165, 1.54) is 25.9 Å². The fourth-order valence-electron chi connectivity index (χ4n) is 3.16. The number of likely N-dealkylation sites (tertiary alicyclic amines) is 1. The first-order valence-electron chi connectivity index (χ1n) is 9.63. The van der Waals surface area contributed by atoms with E-state index in [0.717, 1.165) is 37.1 Å². The van der Waals surface area contributed by atoms with E-state index >= 15 is 0 Å². The molecule has 5 nitrogen and oxygen atoms in total. The lowest BCUT2D eigenvalue weighted by Crippen LogP contribution is -2.43. The molecule has 140 valence electrons. The summed E-state index contributed by atoms with van der Waals surface area (Å²) in [4.78, 5) is 7.20. The minimum atomic E-state index is 0.0419. The molecule has 1 aromatic carbocycles. The Kier molecular flexibility index (Phi) is 8.77. The van der Waals surface area contributed by atoms with Gasteiger partial charge < -0.3 is 20.6 Å². The van der Waals surface area contributed by atoms with E-state index in [2.05, 4.69) is 34.4 Å². The quantitative estimate of drug-likeness (QED) is 0.498. The first-order valence-corrected chi connectivity index (χ1v) is 9.63. The molecular weight excluding hydrogens is 312 g/mol. The van der Waals surface area contributed by atoms with Gasteiger partial charge in [0.15, 0.2) is 5.96 Å². The third-order valence-corrected chi connectivity index (χ3v) is 4.90. The van der Waals surface area contributed by atoms with Crippen LogP contribution < -0.4 is 10.6 Å². The lowest BCUT2D eigenvalue weighted by molar-refractivity contribution is 0.195. The van der Waals surface area contributed by atoms with Crippen molar-refractivity contribution in [1.82, 2.24) is 15.5 Å². The van der Waals surface area contributed by atoms with Crippen LogP contribution in [0.15, 0.2) is 35.3 Å². The third-order valence-electron chi connectivity index (χ3n) is 4.90. The Labute approximate surface area is 152 Å². The molecule has 1 saturated heterocycles. The van der Waals surface area contributed by atoms with Crippen molar-refractivity contribution in [2.24, 2.45) is 10.9 Å². The van der Waals surface area contributed by atoms with Crippen LogP contribution in [0.4, 0.5) is 0 Å². The van der Waals surface area contributed by atoms with Gasteiger partial charge in [-0.2, -0.15) is 0 Å². The predicted octanol–water partition coefficient (Wildman–Crippen LogP) is 2.05. The summed E-state index contributed by atoms with van der Waals surface area (Å²) in [5.74, 6) is 1.75. The molecule has 0 saturated carbocycles. The van der Waals surface area contributed by atoms with E-state index in [1.807, 2.05) is 30.3 Å². The van der Waals surface area contributed by atoms with Gasteiger partial charge in [0, 0.05) is 25.6 Å². The molecule has 25 heavy (non-hydrogen) atoms. The van der Waals surface area contributed by atoms with Crippen LogP contribution in [0.1, 0.15) is 38.2 Å². The summed E-state index contributed by atoms with van der Waals surface area (Å²) in [7, 11) is 0. The van der Waals surface area contributed by atoms with Crippen molar-refractivity contribution < 1.29 is 5.11 Å². The normalized spacial score (nSPS) is 18.1. The van der Waals surface area contributed by atoms with Gasteiger partial charge in [-0.25, -0.2) is 0 Å². The molecule has 5 heteroatoms. The Morgan fingerprint density at radius 3 is 2.60 bits per heavy atom. The second-order valence-corrected chi connectivity index (χ2v) is 6.96. The average molecular weight is 347 g/mol. The number of piperidine rings is 1. The second kappa shape index (κ2) is 11.1. The fourth-order valence-corrected chi connectivity index (χ4v) is 3.16. The van der Waals surface area contributed by atoms with Gasteiger partial charge in [-0.15, -0.1) is 0 Å². The van der Waals surface area contributed by atoms with E-state index in [9.17, 15) is 5.11 Å². The van der Waals surface area contributed by atoms with Crippen molar-refractivity contribution in [2.45, 2.75) is 32.6 Å². The van der Waals surface area contributed by atoms with Crippen molar-refractivity contribution in [3.8, 4) is 0 Å². The summed E-state index contributed by atoms with van der Waals surface area (Å²) >= 11 is 0. The summed E-state index contributed by atoms with van der Waals surface area (Å²) in [6, 6.07) is 10.1. The van der Waals surface area contributed by atoms with Crippen LogP contribution in [-0.4, -0.2) is 61.8 Å². The summed E-state index contributed by atoms with van der Waals surface area (Å²) < 4.78 is 0. The number of aliphatic hydroxyl groups excluding tert-OH is 1. The van der Waals surface area contributed by atoms with Crippen molar-refractivity contribution >= 4 is 5.96 Å². The smallest absolute Gasteiger partial charge is 0.191 e. The molecule has 0 radical (unpaired) electrons. The fraction of sp³-hybridized carbons (Fsp3) is 0.650. The maximum atomic E-state index is 9.67. The highest BCUT2D eigenvalue weighted by molar-refractivity contribution is 5.79. The molecule has 0 bridgehead atoms. The molecule has 1 aliphatic heterocycles. The average Bonchev–Trinajstić information content (AvgIpc) is 2.64. The second-order valence-electron chi connectivity index (χ2n) is 6.96. The SMILES string of the molecule is CCNC(=NCC(CO)c1ccccc1)NCCN1CCC(C)CC1. The molecule has 0 spiro atoms. The highest BCUT2D eigenvalue weighted by Crippen LogP contribution is 2.16. The molecule has 1 aliphatic rings. The highest BCUT2D eigenvalue weighted by atomic mass is 16.3. The number of aliphatic hydroxyl groups is 1. The molecule has 3 N–H and O–H groups in total. The molecule has 0 amide bonds. The van der Waals surface area contributed by atoms with E-state index in [-0.39, 0.29) is 12.5 Å². The van der Waals surface area contributed by atoms with Crippen molar-refractivity contribution in [3.63, 3.8) is 0 Å². The summed E-state index contributed by atoms with van der Waals surface area (Å²) in [6.07, 6.45) is 2.62. The van der Waals surface area contributed by atoms with Gasteiger partial charge in [-0.3, -0.25) is 4.99 Å². The number of aliphatic imine (C=N–C) groups is 1. The van der Waals surface area contributed by atoms with Crippen LogP contribution >= 0.6 is 0 Å². The molecule has 1 atom stereocenters. The molecular formula is C20H34N4O. The van der Waals surface area contributed by atoms with Gasteiger partial charge in [0.25, 0.3) is 0 Å². The van der Waals surface area contributed by atoms with Crippen LogP contribution in [-0.2, 0) is 0 Å². The Balaban J connectivity index is 1.80. The lowest BCUT2D eigenvalue weighted by Gasteiger charge is -2.30. The number of nitrogens with zero attached hydrogens (tertiary/aromatic N) is 2. The Morgan fingerprint density at radius 2 is 1.96 bits per heavy atom. The Hall–Kier alpha value is -1.59.